The fraction of sp³-hybridized carbons (Fsp3) is 0.0476. The Morgan fingerprint density at radius 1 is 0.931 bits per heavy atom. The maximum Gasteiger partial charge on any atom is 0.433 e. The van der Waals surface area contributed by atoms with E-state index in [1.807, 2.05) is 0 Å². The molecule has 146 valence electrons. The third-order valence-electron chi connectivity index (χ3n) is 4.50. The Hall–Kier alpha value is -3.32. The minimum Gasteiger partial charge on any atom is -0.397 e. The summed E-state index contributed by atoms with van der Waals surface area (Å²) in [4.78, 5) is 17.1. The molecule has 0 amide bonds. The molecule has 29 heavy (non-hydrogen) atoms. The van der Waals surface area contributed by atoms with Crippen molar-refractivity contribution < 1.29 is 13.2 Å². The normalized spacial score (nSPS) is 11.7. The molecule has 2 N–H and O–H groups in total. The van der Waals surface area contributed by atoms with Gasteiger partial charge < -0.3 is 5.73 Å². The number of hydrogen-bond acceptors (Lipinski definition) is 3. The van der Waals surface area contributed by atoms with Crippen LogP contribution in [0, 0.1) is 0 Å². The first-order chi connectivity index (χ1) is 13.8. The first-order valence-electron chi connectivity index (χ1n) is 8.51. The monoisotopic (exact) mass is 415 g/mol. The van der Waals surface area contributed by atoms with E-state index in [0.717, 1.165) is 10.6 Å². The van der Waals surface area contributed by atoms with Gasteiger partial charge in [-0.2, -0.15) is 13.2 Å². The van der Waals surface area contributed by atoms with Crippen LogP contribution in [0.2, 0.25) is 5.02 Å². The number of fused-ring (bicyclic) bond motifs is 1. The van der Waals surface area contributed by atoms with Crippen molar-refractivity contribution in [2.24, 2.45) is 0 Å². The Balaban J connectivity index is 2.16. The SMILES string of the molecule is Nc1c(-c2ccccc2)c(=O)n(-c2ccc(Cl)cc2)c2nc(C(F)(F)F)ccc12. The molecule has 0 atom stereocenters. The highest BCUT2D eigenvalue weighted by Crippen LogP contribution is 2.34. The highest BCUT2D eigenvalue weighted by Gasteiger charge is 2.33. The van der Waals surface area contributed by atoms with E-state index >= 15 is 0 Å². The van der Waals surface area contributed by atoms with Gasteiger partial charge >= 0.3 is 6.18 Å². The van der Waals surface area contributed by atoms with Gasteiger partial charge in [-0.05, 0) is 42.0 Å². The summed E-state index contributed by atoms with van der Waals surface area (Å²) in [5.41, 5.74) is 5.51. The molecule has 2 aromatic heterocycles. The number of benzene rings is 2. The largest absolute Gasteiger partial charge is 0.433 e. The molecule has 0 aliphatic rings. The molecule has 0 aliphatic heterocycles. The van der Waals surface area contributed by atoms with Gasteiger partial charge in [0, 0.05) is 10.4 Å². The highest BCUT2D eigenvalue weighted by atomic mass is 35.5. The lowest BCUT2D eigenvalue weighted by Gasteiger charge is -2.17. The first kappa shape index (κ1) is 19.0. The van der Waals surface area contributed by atoms with E-state index in [-0.39, 0.29) is 22.3 Å². The summed E-state index contributed by atoms with van der Waals surface area (Å²) in [6.07, 6.45) is -4.66. The van der Waals surface area contributed by atoms with Crippen LogP contribution in [0.3, 0.4) is 0 Å². The standard InChI is InChI=1S/C21H13ClF3N3O/c22-13-6-8-14(9-7-13)28-19-15(10-11-16(27-19)21(23,24)25)18(26)17(20(28)29)12-4-2-1-3-5-12/h1-11H,26H2. The second kappa shape index (κ2) is 6.93. The predicted molar refractivity (Wildman–Crippen MR) is 107 cm³/mol. The van der Waals surface area contributed by atoms with Gasteiger partial charge in [0.1, 0.15) is 11.3 Å². The zero-order valence-corrected chi connectivity index (χ0v) is 15.5. The van der Waals surface area contributed by atoms with E-state index in [0.29, 0.717) is 16.3 Å². The van der Waals surface area contributed by atoms with Gasteiger partial charge in [0.15, 0.2) is 0 Å². The summed E-state index contributed by atoms with van der Waals surface area (Å²) in [7, 11) is 0. The molecule has 0 aliphatic carbocycles. The van der Waals surface area contributed by atoms with Gasteiger partial charge in [0.05, 0.1) is 16.9 Å². The third kappa shape index (κ3) is 3.34. The van der Waals surface area contributed by atoms with Crippen LogP contribution in [0.15, 0.2) is 71.5 Å². The van der Waals surface area contributed by atoms with Gasteiger partial charge in [0.2, 0.25) is 0 Å². The molecule has 0 bridgehead atoms. The Labute approximate surface area is 168 Å². The van der Waals surface area contributed by atoms with Crippen molar-refractivity contribution in [1.29, 1.82) is 0 Å². The molecule has 0 radical (unpaired) electrons. The van der Waals surface area contributed by atoms with Gasteiger partial charge in [-0.1, -0.05) is 41.9 Å². The van der Waals surface area contributed by atoms with E-state index in [9.17, 15) is 18.0 Å². The van der Waals surface area contributed by atoms with Gasteiger partial charge in [0.25, 0.3) is 5.56 Å². The molecular weight excluding hydrogens is 403 g/mol. The van der Waals surface area contributed by atoms with Crippen LogP contribution in [0.5, 0.6) is 0 Å². The quantitative estimate of drug-likeness (QED) is 0.483. The number of rotatable bonds is 2. The summed E-state index contributed by atoms with van der Waals surface area (Å²) >= 11 is 5.92. The average molecular weight is 416 g/mol. The molecule has 0 spiro atoms. The number of pyridine rings is 2. The fourth-order valence-electron chi connectivity index (χ4n) is 3.16. The molecular formula is C21H13ClF3N3O. The van der Waals surface area contributed by atoms with E-state index in [2.05, 4.69) is 4.98 Å². The van der Waals surface area contributed by atoms with Crippen molar-refractivity contribution in [2.45, 2.75) is 6.18 Å². The lowest BCUT2D eigenvalue weighted by Crippen LogP contribution is -2.24. The van der Waals surface area contributed by atoms with Crippen molar-refractivity contribution in [3.8, 4) is 16.8 Å². The van der Waals surface area contributed by atoms with E-state index in [1.165, 1.54) is 18.2 Å². The minimum absolute atomic E-state index is 0.0719. The maximum atomic E-state index is 13.4. The van der Waals surface area contributed by atoms with Crippen LogP contribution < -0.4 is 11.3 Å². The number of aromatic nitrogens is 2. The van der Waals surface area contributed by atoms with E-state index in [4.69, 9.17) is 17.3 Å². The number of nitrogen functional groups attached to an aromatic ring is 1. The van der Waals surface area contributed by atoms with Crippen molar-refractivity contribution in [3.63, 3.8) is 0 Å². The molecule has 0 unspecified atom stereocenters. The molecule has 4 aromatic rings. The number of halogens is 4. The number of hydrogen-bond donors (Lipinski definition) is 1. The zero-order valence-electron chi connectivity index (χ0n) is 14.7. The van der Waals surface area contributed by atoms with Crippen LogP contribution in [0.1, 0.15) is 5.69 Å². The van der Waals surface area contributed by atoms with Crippen LogP contribution >= 0.6 is 11.6 Å². The molecule has 0 saturated heterocycles. The number of alkyl halides is 3. The van der Waals surface area contributed by atoms with Crippen molar-refractivity contribution in [1.82, 2.24) is 9.55 Å². The molecule has 0 saturated carbocycles. The van der Waals surface area contributed by atoms with Gasteiger partial charge in [-0.3, -0.25) is 9.36 Å². The minimum atomic E-state index is -4.66. The van der Waals surface area contributed by atoms with Crippen molar-refractivity contribution >= 4 is 28.3 Å². The number of nitrogens with zero attached hydrogens (tertiary/aromatic N) is 2. The van der Waals surface area contributed by atoms with Crippen LogP contribution in [-0.2, 0) is 6.18 Å². The van der Waals surface area contributed by atoms with Crippen molar-refractivity contribution in [3.05, 3.63) is 87.8 Å². The molecule has 2 heterocycles. The van der Waals surface area contributed by atoms with Gasteiger partial charge in [-0.25, -0.2) is 4.98 Å². The van der Waals surface area contributed by atoms with Crippen molar-refractivity contribution in [2.75, 3.05) is 5.73 Å². The topological polar surface area (TPSA) is 60.9 Å². The number of anilines is 1. The Morgan fingerprint density at radius 2 is 1.59 bits per heavy atom. The summed E-state index contributed by atoms with van der Waals surface area (Å²) < 4.78 is 40.9. The molecule has 4 nitrogen and oxygen atoms in total. The first-order valence-corrected chi connectivity index (χ1v) is 8.89. The smallest absolute Gasteiger partial charge is 0.397 e. The van der Waals surface area contributed by atoms with Crippen LogP contribution in [-0.4, -0.2) is 9.55 Å². The second-order valence-electron chi connectivity index (χ2n) is 6.34. The second-order valence-corrected chi connectivity index (χ2v) is 6.77. The summed E-state index contributed by atoms with van der Waals surface area (Å²) in [5.74, 6) is 0. The number of nitrogens with two attached hydrogens (primary N) is 1. The maximum absolute atomic E-state index is 13.4. The summed E-state index contributed by atoms with van der Waals surface area (Å²) in [6.45, 7) is 0. The zero-order chi connectivity index (χ0) is 20.8. The average Bonchev–Trinajstić information content (AvgIpc) is 2.69. The molecule has 8 heteroatoms. The Kier molecular flexibility index (Phi) is 4.55. The summed E-state index contributed by atoms with van der Waals surface area (Å²) in [5, 5.41) is 0.667. The highest BCUT2D eigenvalue weighted by molar-refractivity contribution is 6.30. The molecule has 0 fully saturated rings. The molecule has 4 rings (SSSR count). The lowest BCUT2D eigenvalue weighted by atomic mass is 10.0. The summed E-state index contributed by atoms with van der Waals surface area (Å²) in [6, 6.07) is 16.9. The Bertz CT molecular complexity index is 1270. The lowest BCUT2D eigenvalue weighted by molar-refractivity contribution is -0.141. The fourth-order valence-corrected chi connectivity index (χ4v) is 3.28. The molecule has 2 aromatic carbocycles. The predicted octanol–water partition coefficient (Wildman–Crippen LogP) is 5.31. The van der Waals surface area contributed by atoms with Gasteiger partial charge in [-0.15, -0.1) is 0 Å². The third-order valence-corrected chi connectivity index (χ3v) is 4.75. The Morgan fingerprint density at radius 3 is 2.21 bits per heavy atom. The van der Waals surface area contributed by atoms with Crippen LogP contribution in [0.4, 0.5) is 18.9 Å². The van der Waals surface area contributed by atoms with E-state index in [1.54, 1.807) is 42.5 Å². The van der Waals surface area contributed by atoms with E-state index < -0.39 is 17.4 Å². The van der Waals surface area contributed by atoms with Crippen LogP contribution in [0.25, 0.3) is 27.8 Å².